The molecule has 0 atom stereocenters. The molecule has 1 aliphatic rings. The molecule has 0 bridgehead atoms. The molecule has 1 aromatic carbocycles. The van der Waals surface area contributed by atoms with Gasteiger partial charge in [-0.3, -0.25) is 9.59 Å². The summed E-state index contributed by atoms with van der Waals surface area (Å²) in [6, 6.07) is 4.85. The van der Waals surface area contributed by atoms with Gasteiger partial charge in [-0.05, 0) is 24.6 Å². The molecule has 1 aliphatic heterocycles. The molecule has 2 rings (SSSR count). The Kier molecular flexibility index (Phi) is 3.45. The smallest absolute Gasteiger partial charge is 0.299 e. The third-order valence-corrected chi connectivity index (χ3v) is 2.90. The summed E-state index contributed by atoms with van der Waals surface area (Å²) in [4.78, 5) is 24.9. The van der Waals surface area contributed by atoms with E-state index in [2.05, 4.69) is 0 Å². The van der Waals surface area contributed by atoms with Gasteiger partial charge in [0.1, 0.15) is 0 Å². The average Bonchev–Trinajstić information content (AvgIpc) is 2.54. The van der Waals surface area contributed by atoms with Crippen molar-refractivity contribution in [2.75, 3.05) is 25.2 Å². The summed E-state index contributed by atoms with van der Waals surface area (Å²) in [6.07, 6.45) is 0.682. The van der Waals surface area contributed by atoms with E-state index in [0.717, 1.165) is 0 Å². The lowest BCUT2D eigenvalue weighted by atomic mass is 10.1. The molecule has 0 aromatic heterocycles. The van der Waals surface area contributed by atoms with Crippen molar-refractivity contribution in [3.8, 4) is 0 Å². The maximum absolute atomic E-state index is 11.8. The van der Waals surface area contributed by atoms with Crippen LogP contribution in [0.25, 0.3) is 0 Å². The first-order chi connectivity index (χ1) is 8.15. The minimum atomic E-state index is -0.488. The van der Waals surface area contributed by atoms with Crippen LogP contribution in [0, 0.1) is 0 Å². The number of amides is 1. The highest BCUT2D eigenvalue weighted by atomic mass is 35.5. The van der Waals surface area contributed by atoms with Gasteiger partial charge in [-0.25, -0.2) is 0 Å². The molecule has 0 radical (unpaired) electrons. The Morgan fingerprint density at radius 2 is 2.12 bits per heavy atom. The van der Waals surface area contributed by atoms with Crippen LogP contribution in [-0.2, 0) is 9.53 Å². The van der Waals surface area contributed by atoms with Gasteiger partial charge >= 0.3 is 0 Å². The second-order valence-electron chi connectivity index (χ2n) is 3.79. The molecule has 4 nitrogen and oxygen atoms in total. The summed E-state index contributed by atoms with van der Waals surface area (Å²) in [5.74, 6) is -0.951. The number of fused-ring (bicyclic) bond motifs is 1. The van der Waals surface area contributed by atoms with Crippen LogP contribution in [0.15, 0.2) is 18.2 Å². The number of ether oxygens (including phenoxy) is 1. The molecule has 90 valence electrons. The topological polar surface area (TPSA) is 46.6 Å². The van der Waals surface area contributed by atoms with Gasteiger partial charge in [-0.1, -0.05) is 11.6 Å². The number of anilines is 1. The summed E-state index contributed by atoms with van der Waals surface area (Å²) in [7, 11) is 1.60. The highest BCUT2D eigenvalue weighted by Gasteiger charge is 2.35. The van der Waals surface area contributed by atoms with E-state index in [1.54, 1.807) is 25.3 Å². The quantitative estimate of drug-likeness (QED) is 0.608. The predicted octanol–water partition coefficient (Wildman–Crippen LogP) is 1.91. The number of carbonyl (C=O) groups excluding carboxylic acids is 2. The molecule has 0 fully saturated rings. The molecule has 17 heavy (non-hydrogen) atoms. The lowest BCUT2D eigenvalue weighted by molar-refractivity contribution is -0.114. The van der Waals surface area contributed by atoms with Crippen molar-refractivity contribution in [2.24, 2.45) is 0 Å². The maximum Gasteiger partial charge on any atom is 0.299 e. The van der Waals surface area contributed by atoms with E-state index >= 15 is 0 Å². The first-order valence-corrected chi connectivity index (χ1v) is 5.67. The van der Waals surface area contributed by atoms with Crippen LogP contribution in [0.1, 0.15) is 16.8 Å². The first-order valence-electron chi connectivity index (χ1n) is 5.30. The van der Waals surface area contributed by atoms with E-state index in [4.69, 9.17) is 16.3 Å². The molecular weight excluding hydrogens is 242 g/mol. The van der Waals surface area contributed by atoms with Gasteiger partial charge in [0.25, 0.3) is 11.7 Å². The number of hydrogen-bond acceptors (Lipinski definition) is 3. The fraction of sp³-hybridized carbons (Fsp3) is 0.333. The Morgan fingerprint density at radius 3 is 2.82 bits per heavy atom. The summed E-state index contributed by atoms with van der Waals surface area (Å²) in [5.41, 5.74) is 1.03. The lowest BCUT2D eigenvalue weighted by Crippen LogP contribution is -2.31. The van der Waals surface area contributed by atoms with Crippen molar-refractivity contribution in [2.45, 2.75) is 6.42 Å². The van der Waals surface area contributed by atoms with E-state index in [-0.39, 0.29) is 0 Å². The second kappa shape index (κ2) is 4.85. The minimum Gasteiger partial charge on any atom is -0.385 e. The number of ketones is 1. The SMILES string of the molecule is COCCCN1C(=O)C(=O)c2ccc(Cl)cc21. The number of methoxy groups -OCH3 is 1. The van der Waals surface area contributed by atoms with Gasteiger partial charge in [0.2, 0.25) is 0 Å². The van der Waals surface area contributed by atoms with Crippen LogP contribution >= 0.6 is 11.6 Å². The molecule has 0 saturated carbocycles. The minimum absolute atomic E-state index is 0.428. The predicted molar refractivity (Wildman–Crippen MR) is 64.6 cm³/mol. The molecule has 0 aliphatic carbocycles. The Balaban J connectivity index is 2.26. The molecule has 1 amide bonds. The van der Waals surface area contributed by atoms with Crippen LogP contribution < -0.4 is 4.90 Å². The van der Waals surface area contributed by atoms with E-state index in [1.165, 1.54) is 4.90 Å². The normalized spacial score (nSPS) is 14.4. The second-order valence-corrected chi connectivity index (χ2v) is 4.23. The van der Waals surface area contributed by atoms with Gasteiger partial charge in [0, 0.05) is 25.3 Å². The number of carbonyl (C=O) groups is 2. The Bertz CT molecular complexity index is 473. The van der Waals surface area contributed by atoms with Gasteiger partial charge in [0.15, 0.2) is 0 Å². The zero-order valence-electron chi connectivity index (χ0n) is 9.40. The van der Waals surface area contributed by atoms with Gasteiger partial charge in [-0.15, -0.1) is 0 Å². The van der Waals surface area contributed by atoms with E-state index in [0.29, 0.717) is 35.8 Å². The molecule has 0 unspecified atom stereocenters. The van der Waals surface area contributed by atoms with Crippen LogP contribution in [0.3, 0.4) is 0 Å². The molecule has 0 N–H and O–H groups in total. The highest BCUT2D eigenvalue weighted by molar-refractivity contribution is 6.52. The maximum atomic E-state index is 11.8. The number of nitrogens with zero attached hydrogens (tertiary/aromatic N) is 1. The zero-order valence-corrected chi connectivity index (χ0v) is 10.2. The summed E-state index contributed by atoms with van der Waals surface area (Å²) < 4.78 is 4.93. The third kappa shape index (κ3) is 2.18. The Labute approximate surface area is 104 Å². The van der Waals surface area contributed by atoms with Crippen LogP contribution in [0.4, 0.5) is 5.69 Å². The van der Waals surface area contributed by atoms with Gasteiger partial charge in [-0.2, -0.15) is 0 Å². The average molecular weight is 254 g/mol. The van der Waals surface area contributed by atoms with E-state index < -0.39 is 11.7 Å². The van der Waals surface area contributed by atoms with Crippen molar-refractivity contribution < 1.29 is 14.3 Å². The monoisotopic (exact) mass is 253 g/mol. The van der Waals surface area contributed by atoms with Gasteiger partial charge in [0.05, 0.1) is 11.3 Å². The summed E-state index contributed by atoms with van der Waals surface area (Å²) >= 11 is 5.87. The largest absolute Gasteiger partial charge is 0.385 e. The Hall–Kier alpha value is -1.39. The van der Waals surface area contributed by atoms with Crippen molar-refractivity contribution in [1.29, 1.82) is 0 Å². The van der Waals surface area contributed by atoms with Crippen molar-refractivity contribution >= 4 is 29.0 Å². The fourth-order valence-corrected chi connectivity index (χ4v) is 2.02. The molecular formula is C12H12ClNO3. The van der Waals surface area contributed by atoms with Crippen LogP contribution in [0.2, 0.25) is 5.02 Å². The van der Waals surface area contributed by atoms with Crippen LogP contribution in [-0.4, -0.2) is 32.0 Å². The number of halogens is 1. The summed E-state index contributed by atoms with van der Waals surface area (Å²) in [5, 5.41) is 0.517. The zero-order chi connectivity index (χ0) is 12.4. The van der Waals surface area contributed by atoms with Crippen molar-refractivity contribution in [3.05, 3.63) is 28.8 Å². The molecule has 5 heteroatoms. The molecule has 0 saturated heterocycles. The highest BCUT2D eigenvalue weighted by Crippen LogP contribution is 2.31. The van der Waals surface area contributed by atoms with Crippen molar-refractivity contribution in [3.63, 3.8) is 0 Å². The number of hydrogen-bond donors (Lipinski definition) is 0. The lowest BCUT2D eigenvalue weighted by Gasteiger charge is -2.16. The third-order valence-electron chi connectivity index (χ3n) is 2.66. The molecule has 1 heterocycles. The summed E-state index contributed by atoms with van der Waals surface area (Å²) in [6.45, 7) is 1.01. The molecule has 1 aromatic rings. The van der Waals surface area contributed by atoms with Crippen LogP contribution in [0.5, 0.6) is 0 Å². The van der Waals surface area contributed by atoms with Gasteiger partial charge < -0.3 is 9.64 Å². The fourth-order valence-electron chi connectivity index (χ4n) is 1.86. The number of benzene rings is 1. The standard InChI is InChI=1S/C12H12ClNO3/c1-17-6-2-5-14-10-7-8(13)3-4-9(10)11(15)12(14)16/h3-4,7H,2,5-6H2,1H3. The molecule has 0 spiro atoms. The first kappa shape index (κ1) is 12.1. The van der Waals surface area contributed by atoms with E-state index in [1.807, 2.05) is 0 Å². The number of Topliss-reactive ketones (excluding diaryl/α,β-unsaturated/α-hetero) is 1. The van der Waals surface area contributed by atoms with E-state index in [9.17, 15) is 9.59 Å². The van der Waals surface area contributed by atoms with Crippen molar-refractivity contribution in [1.82, 2.24) is 0 Å². The number of rotatable bonds is 4. The Morgan fingerprint density at radius 1 is 1.35 bits per heavy atom.